The van der Waals surface area contributed by atoms with Gasteiger partial charge in [0.2, 0.25) is 0 Å². The molecular weight excluding hydrogens is 607 g/mol. The highest BCUT2D eigenvalue weighted by atomic mass is 32.2. The minimum Gasteiger partial charge on any atom is -0.466 e. The maximum Gasteiger partial charge on any atom is 0.306 e. The van der Waals surface area contributed by atoms with Crippen LogP contribution in [0.4, 0.5) is 0 Å². The van der Waals surface area contributed by atoms with Gasteiger partial charge in [-0.3, -0.25) is 14.4 Å². The molecule has 0 aliphatic carbocycles. The molecule has 2 N–H and O–H groups in total. The summed E-state index contributed by atoms with van der Waals surface area (Å²) in [7, 11) is 0. The van der Waals surface area contributed by atoms with Gasteiger partial charge in [0.05, 0.1) is 12.6 Å². The summed E-state index contributed by atoms with van der Waals surface area (Å²) in [5, 5.41) is 0. The van der Waals surface area contributed by atoms with Gasteiger partial charge in [0, 0.05) is 30.8 Å². The molecule has 278 valence electrons. The predicted molar refractivity (Wildman–Crippen MR) is 202 cm³/mol. The Morgan fingerprint density at radius 1 is 0.532 bits per heavy atom. The molecule has 0 radical (unpaired) electrons. The van der Waals surface area contributed by atoms with E-state index in [0.29, 0.717) is 30.8 Å². The summed E-state index contributed by atoms with van der Waals surface area (Å²) in [6.07, 6.45) is 34.1. The Morgan fingerprint density at radius 2 is 0.894 bits per heavy atom. The fourth-order valence-corrected chi connectivity index (χ4v) is 6.94. The van der Waals surface area contributed by atoms with Gasteiger partial charge in [-0.25, -0.2) is 0 Å². The zero-order chi connectivity index (χ0) is 34.6. The lowest BCUT2D eigenvalue weighted by Gasteiger charge is -2.18. The average molecular weight is 684 g/mol. The van der Waals surface area contributed by atoms with Crippen molar-refractivity contribution < 1.29 is 23.9 Å². The molecule has 0 fully saturated rings. The number of hydrogen-bond acceptors (Lipinski definition) is 7. The number of Topliss-reactive ketones (excluding diaryl/α,β-unsaturated/α-hetero) is 1. The van der Waals surface area contributed by atoms with Crippen molar-refractivity contribution in [1.82, 2.24) is 0 Å². The number of ketones is 1. The first-order valence-electron chi connectivity index (χ1n) is 20.1. The van der Waals surface area contributed by atoms with E-state index in [1.807, 2.05) is 0 Å². The predicted octanol–water partition coefficient (Wildman–Crippen LogP) is 11.4. The van der Waals surface area contributed by atoms with E-state index in [9.17, 15) is 14.4 Å². The summed E-state index contributed by atoms with van der Waals surface area (Å²) in [6.45, 7) is 6.26. The van der Waals surface area contributed by atoms with Crippen LogP contribution in [0, 0.1) is 0 Å². The minimum absolute atomic E-state index is 0.0458. The van der Waals surface area contributed by atoms with E-state index in [1.54, 1.807) is 0 Å². The highest BCUT2D eigenvalue weighted by Crippen LogP contribution is 2.16. The third-order valence-corrected chi connectivity index (χ3v) is 10.3. The molecule has 2 atom stereocenters. The van der Waals surface area contributed by atoms with E-state index in [-0.39, 0.29) is 30.4 Å². The topological polar surface area (TPSA) is 95.7 Å². The lowest BCUT2D eigenvalue weighted by Crippen LogP contribution is -2.32. The number of nitrogens with two attached hydrogens (primary N) is 1. The number of esters is 2. The van der Waals surface area contributed by atoms with Crippen molar-refractivity contribution in [3.63, 3.8) is 0 Å². The molecule has 0 aliphatic rings. The molecule has 6 nitrogen and oxygen atoms in total. The Morgan fingerprint density at radius 3 is 1.28 bits per heavy atom. The van der Waals surface area contributed by atoms with Gasteiger partial charge in [0.1, 0.15) is 11.9 Å². The Kier molecular flexibility index (Phi) is 35.4. The van der Waals surface area contributed by atoms with Crippen molar-refractivity contribution in [1.29, 1.82) is 0 Å². The van der Waals surface area contributed by atoms with Gasteiger partial charge >= 0.3 is 11.9 Å². The van der Waals surface area contributed by atoms with E-state index < -0.39 is 6.04 Å². The molecule has 0 spiro atoms. The standard InChI is InChI=1S/C40H77NO5S/c1-4-6-8-10-12-14-16-18-20-22-24-26-28-30-39(43)45-33-32-37(34-47-35-38(41)36(3)42)46-40(44)31-29-27-25-23-21-19-17-15-13-11-9-7-5-2/h37-38H,4-35,41H2,1-3H3/t37-,38-/m0/s1. The third-order valence-electron chi connectivity index (χ3n) is 9.09. The fourth-order valence-electron chi connectivity index (χ4n) is 5.82. The van der Waals surface area contributed by atoms with Crippen LogP contribution in [0.3, 0.4) is 0 Å². The molecule has 0 heterocycles. The molecule has 0 aliphatic heterocycles. The number of rotatable bonds is 37. The monoisotopic (exact) mass is 684 g/mol. The van der Waals surface area contributed by atoms with Crippen molar-refractivity contribution in [3.8, 4) is 0 Å². The minimum atomic E-state index is -0.514. The quantitative estimate of drug-likeness (QED) is 0.0514. The first kappa shape index (κ1) is 45.9. The number of ether oxygens (including phenoxy) is 2. The molecular formula is C40H77NO5S. The zero-order valence-electron chi connectivity index (χ0n) is 31.3. The molecule has 7 heteroatoms. The summed E-state index contributed by atoms with van der Waals surface area (Å²) in [6, 6.07) is -0.514. The number of thioether (sulfide) groups is 1. The van der Waals surface area contributed by atoms with Gasteiger partial charge in [-0.05, 0) is 19.8 Å². The van der Waals surface area contributed by atoms with Gasteiger partial charge in [-0.1, -0.05) is 168 Å². The molecule has 0 rings (SSSR count). The summed E-state index contributed by atoms with van der Waals surface area (Å²) in [5.41, 5.74) is 5.88. The van der Waals surface area contributed by atoms with Crippen LogP contribution in [0.1, 0.15) is 207 Å². The maximum atomic E-state index is 12.6. The van der Waals surface area contributed by atoms with Crippen LogP contribution in [0.5, 0.6) is 0 Å². The zero-order valence-corrected chi connectivity index (χ0v) is 32.1. The Labute approximate surface area is 295 Å². The normalized spacial score (nSPS) is 12.6. The van der Waals surface area contributed by atoms with Crippen molar-refractivity contribution in [2.75, 3.05) is 18.1 Å². The highest BCUT2D eigenvalue weighted by Gasteiger charge is 2.17. The van der Waals surface area contributed by atoms with Crippen LogP contribution < -0.4 is 5.73 Å². The highest BCUT2D eigenvalue weighted by molar-refractivity contribution is 7.99. The Balaban J connectivity index is 4.04. The molecule has 0 saturated heterocycles. The van der Waals surface area contributed by atoms with E-state index in [2.05, 4.69) is 13.8 Å². The summed E-state index contributed by atoms with van der Waals surface area (Å²) < 4.78 is 11.3. The fraction of sp³-hybridized carbons (Fsp3) is 0.925. The molecule has 0 amide bonds. The smallest absolute Gasteiger partial charge is 0.306 e. The van der Waals surface area contributed by atoms with Crippen LogP contribution in [0.25, 0.3) is 0 Å². The van der Waals surface area contributed by atoms with E-state index in [0.717, 1.165) is 25.7 Å². The van der Waals surface area contributed by atoms with E-state index >= 15 is 0 Å². The van der Waals surface area contributed by atoms with Crippen molar-refractivity contribution in [3.05, 3.63) is 0 Å². The van der Waals surface area contributed by atoms with Gasteiger partial charge in [-0.15, -0.1) is 0 Å². The molecule has 0 unspecified atom stereocenters. The number of carbonyl (C=O) groups is 3. The second-order valence-electron chi connectivity index (χ2n) is 13.9. The number of unbranched alkanes of at least 4 members (excludes halogenated alkanes) is 24. The second-order valence-corrected chi connectivity index (χ2v) is 14.9. The van der Waals surface area contributed by atoms with Crippen LogP contribution in [0.15, 0.2) is 0 Å². The van der Waals surface area contributed by atoms with E-state index in [1.165, 1.54) is 160 Å². The largest absolute Gasteiger partial charge is 0.466 e. The SMILES string of the molecule is CCCCCCCCCCCCCCCC(=O)OCC[C@@H](CSC[C@H](N)C(C)=O)OC(=O)CCCCCCCCCCCCCCC. The van der Waals surface area contributed by atoms with Crippen molar-refractivity contribution in [2.24, 2.45) is 5.73 Å². The molecule has 47 heavy (non-hydrogen) atoms. The van der Waals surface area contributed by atoms with Crippen LogP contribution in [-0.2, 0) is 23.9 Å². The average Bonchev–Trinajstić information content (AvgIpc) is 3.05. The third kappa shape index (κ3) is 34.6. The molecule has 0 aromatic carbocycles. The van der Waals surface area contributed by atoms with E-state index in [4.69, 9.17) is 15.2 Å². The van der Waals surface area contributed by atoms with Gasteiger partial charge in [0.25, 0.3) is 0 Å². The first-order chi connectivity index (χ1) is 22.9. The van der Waals surface area contributed by atoms with Crippen molar-refractivity contribution >= 4 is 29.5 Å². The van der Waals surface area contributed by atoms with Crippen LogP contribution in [-0.4, -0.2) is 48.0 Å². The molecule has 0 aromatic rings. The lowest BCUT2D eigenvalue weighted by atomic mass is 10.0. The summed E-state index contributed by atoms with van der Waals surface area (Å²) in [5.74, 6) is 0.628. The van der Waals surface area contributed by atoms with Gasteiger partial charge < -0.3 is 15.2 Å². The maximum absolute atomic E-state index is 12.6. The first-order valence-corrected chi connectivity index (χ1v) is 21.2. The Hall–Kier alpha value is -1.08. The van der Waals surface area contributed by atoms with Gasteiger partial charge in [0.15, 0.2) is 0 Å². The van der Waals surface area contributed by atoms with Crippen LogP contribution >= 0.6 is 11.8 Å². The lowest BCUT2D eigenvalue weighted by molar-refractivity contribution is -0.150. The number of hydrogen-bond donors (Lipinski definition) is 1. The summed E-state index contributed by atoms with van der Waals surface area (Å²) in [4.78, 5) is 36.4. The van der Waals surface area contributed by atoms with Crippen molar-refractivity contribution in [2.45, 2.75) is 219 Å². The Bertz CT molecular complexity index is 719. The van der Waals surface area contributed by atoms with Gasteiger partial charge in [-0.2, -0.15) is 11.8 Å². The molecule has 0 aromatic heterocycles. The number of carbonyl (C=O) groups excluding carboxylic acids is 3. The van der Waals surface area contributed by atoms with Crippen LogP contribution in [0.2, 0.25) is 0 Å². The molecule has 0 bridgehead atoms. The summed E-state index contributed by atoms with van der Waals surface area (Å²) >= 11 is 1.51. The second kappa shape index (κ2) is 36.2. The molecule has 0 saturated carbocycles.